The third-order valence-corrected chi connectivity index (χ3v) is 10.4. The van der Waals surface area contributed by atoms with E-state index in [4.69, 9.17) is 6.57 Å². The number of nitriles is 3. The van der Waals surface area contributed by atoms with Crippen LogP contribution in [0.2, 0.25) is 0 Å². The van der Waals surface area contributed by atoms with Crippen molar-refractivity contribution in [2.75, 3.05) is 9.80 Å². The first-order chi connectivity index (χ1) is 27.5. The van der Waals surface area contributed by atoms with E-state index in [0.29, 0.717) is 34.1 Å². The fraction of sp³-hybridized carbons (Fsp3) is 0.0638. The minimum atomic E-state index is -0.736. The van der Waals surface area contributed by atoms with Gasteiger partial charge in [-0.25, -0.2) is 22.4 Å². The summed E-state index contributed by atoms with van der Waals surface area (Å²) in [5.41, 5.74) is 5.34. The summed E-state index contributed by atoms with van der Waals surface area (Å²) in [5, 5.41) is 29.8. The topological polar surface area (TPSA) is 82.2 Å². The molecule has 7 aromatic carbocycles. The summed E-state index contributed by atoms with van der Waals surface area (Å²) < 4.78 is 60.1. The number of benzene rings is 7. The molecule has 272 valence electrons. The van der Waals surface area contributed by atoms with Crippen LogP contribution in [-0.4, -0.2) is 0 Å². The second kappa shape index (κ2) is 13.7. The van der Waals surface area contributed by atoms with Crippen LogP contribution in [0.3, 0.4) is 0 Å². The number of fused-ring (bicyclic) bond motifs is 5. The molecule has 0 saturated carbocycles. The van der Waals surface area contributed by atoms with Crippen molar-refractivity contribution in [2.24, 2.45) is 0 Å². The van der Waals surface area contributed by atoms with Crippen molar-refractivity contribution < 1.29 is 17.6 Å². The van der Waals surface area contributed by atoms with Crippen LogP contribution in [0.5, 0.6) is 0 Å². The lowest BCUT2D eigenvalue weighted by atomic mass is 9.80. The monoisotopic (exact) mass is 750 g/mol. The van der Waals surface area contributed by atoms with Crippen molar-refractivity contribution in [3.63, 3.8) is 0 Å². The lowest BCUT2D eigenvalue weighted by Gasteiger charge is -2.29. The zero-order chi connectivity index (χ0) is 40.2. The van der Waals surface area contributed by atoms with Crippen molar-refractivity contribution in [2.45, 2.75) is 19.3 Å². The first-order valence-corrected chi connectivity index (χ1v) is 17.6. The number of hydrogen-bond donors (Lipinski definition) is 0. The molecule has 0 spiro atoms. The van der Waals surface area contributed by atoms with E-state index in [-0.39, 0.29) is 22.4 Å². The Morgan fingerprint density at radius 3 is 1.40 bits per heavy atom. The summed E-state index contributed by atoms with van der Waals surface area (Å²) >= 11 is 0. The Kier molecular flexibility index (Phi) is 8.69. The maximum Gasteiger partial charge on any atom is 0.222 e. The summed E-state index contributed by atoms with van der Waals surface area (Å²) in [4.78, 5) is 6.57. The summed E-state index contributed by atoms with van der Waals surface area (Å²) in [5.74, 6) is -2.93. The van der Waals surface area contributed by atoms with Gasteiger partial charge in [0.05, 0.1) is 23.3 Å². The average molecular weight is 751 g/mol. The van der Waals surface area contributed by atoms with Gasteiger partial charge in [0, 0.05) is 39.5 Å². The Morgan fingerprint density at radius 2 is 0.930 bits per heavy atom. The van der Waals surface area contributed by atoms with Gasteiger partial charge in [-0.2, -0.15) is 15.8 Å². The Bertz CT molecular complexity index is 2890. The van der Waals surface area contributed by atoms with Crippen LogP contribution in [-0.2, 0) is 5.41 Å². The van der Waals surface area contributed by atoms with E-state index in [1.54, 1.807) is 34.1 Å². The highest BCUT2D eigenvalue weighted by Gasteiger charge is 2.38. The third-order valence-electron chi connectivity index (χ3n) is 10.4. The zero-order valence-electron chi connectivity index (χ0n) is 30.2. The molecule has 1 aliphatic rings. The molecule has 0 aromatic heterocycles. The lowest BCUT2D eigenvalue weighted by Crippen LogP contribution is -2.17. The van der Waals surface area contributed by atoms with E-state index in [2.05, 4.69) is 18.7 Å². The predicted octanol–water partition coefficient (Wildman–Crippen LogP) is 12.8. The molecule has 0 aliphatic heterocycles. The third kappa shape index (κ3) is 5.94. The Hall–Kier alpha value is -7.92. The van der Waals surface area contributed by atoms with Crippen LogP contribution >= 0.6 is 0 Å². The molecule has 0 bridgehead atoms. The zero-order valence-corrected chi connectivity index (χ0v) is 30.2. The van der Waals surface area contributed by atoms with Gasteiger partial charge < -0.3 is 9.80 Å². The summed E-state index contributed by atoms with van der Waals surface area (Å²) in [6, 6.07) is 37.6. The van der Waals surface area contributed by atoms with Crippen LogP contribution in [0.1, 0.15) is 41.7 Å². The fourth-order valence-corrected chi connectivity index (χ4v) is 7.73. The molecule has 6 nitrogen and oxygen atoms in total. The van der Waals surface area contributed by atoms with Gasteiger partial charge in [-0.15, -0.1) is 0 Å². The van der Waals surface area contributed by atoms with Crippen molar-refractivity contribution in [1.82, 2.24) is 0 Å². The van der Waals surface area contributed by atoms with Gasteiger partial charge in [-0.1, -0.05) is 44.2 Å². The number of nitrogens with zero attached hydrogens (tertiary/aromatic N) is 6. The first kappa shape index (κ1) is 36.1. The molecule has 1 aliphatic carbocycles. The van der Waals surface area contributed by atoms with E-state index < -0.39 is 28.7 Å². The molecule has 0 unspecified atom stereocenters. The lowest BCUT2D eigenvalue weighted by molar-refractivity contribution is 0.623. The molecule has 0 amide bonds. The Morgan fingerprint density at radius 1 is 0.509 bits per heavy atom. The van der Waals surface area contributed by atoms with Gasteiger partial charge in [-0.3, -0.25) is 0 Å². The molecule has 0 radical (unpaired) electrons. The molecule has 57 heavy (non-hydrogen) atoms. The molecular weight excluding hydrogens is 725 g/mol. The molecular formula is C47H26F4N6. The molecule has 0 heterocycles. The summed E-state index contributed by atoms with van der Waals surface area (Å²) in [7, 11) is 0. The van der Waals surface area contributed by atoms with E-state index in [1.165, 1.54) is 48.5 Å². The maximum atomic E-state index is 15.1. The fourth-order valence-electron chi connectivity index (χ4n) is 7.73. The Labute approximate surface area is 325 Å². The largest absolute Gasteiger partial charge is 0.310 e. The molecule has 10 heteroatoms. The highest BCUT2D eigenvalue weighted by atomic mass is 19.1. The van der Waals surface area contributed by atoms with Gasteiger partial charge in [-0.05, 0) is 124 Å². The quantitative estimate of drug-likeness (QED) is 0.125. The highest BCUT2D eigenvalue weighted by Crippen LogP contribution is 2.53. The standard InChI is InChI=1S/C47H26F4N6/c1-47(2)40-19-32(57(35-10-6-30(26-54)43(50)22-35)36-13-17-45(55-3)44(51)23-36)12-16-38(40)39-14-7-27-18-31(11-15-37(27)46(39)47)56(33-8-4-28(24-52)41(48)20-33)34-9-5-29(25-53)42(49)21-34/h4-23H,1-2H3. The second-order valence-electron chi connectivity index (χ2n) is 14.0. The number of rotatable bonds is 6. The number of hydrogen-bond acceptors (Lipinski definition) is 5. The van der Waals surface area contributed by atoms with Gasteiger partial charge in [0.25, 0.3) is 0 Å². The minimum absolute atomic E-state index is 0.134. The molecule has 7 aromatic rings. The van der Waals surface area contributed by atoms with Crippen LogP contribution < -0.4 is 9.80 Å². The Balaban J connectivity index is 1.25. The second-order valence-corrected chi connectivity index (χ2v) is 14.0. The summed E-state index contributed by atoms with van der Waals surface area (Å²) in [6.45, 7) is 11.5. The van der Waals surface area contributed by atoms with E-state index >= 15 is 17.6 Å². The van der Waals surface area contributed by atoms with Crippen LogP contribution in [0.15, 0.2) is 121 Å². The smallest absolute Gasteiger partial charge is 0.222 e. The highest BCUT2D eigenvalue weighted by molar-refractivity contribution is 6.00. The average Bonchev–Trinajstić information content (AvgIpc) is 3.44. The normalized spacial score (nSPS) is 12.1. The predicted molar refractivity (Wildman–Crippen MR) is 211 cm³/mol. The molecule has 0 atom stereocenters. The van der Waals surface area contributed by atoms with Gasteiger partial charge in [0.1, 0.15) is 41.5 Å². The van der Waals surface area contributed by atoms with Crippen molar-refractivity contribution in [3.05, 3.63) is 184 Å². The van der Waals surface area contributed by atoms with Crippen molar-refractivity contribution in [3.8, 4) is 29.3 Å². The minimum Gasteiger partial charge on any atom is -0.310 e. The molecule has 8 rings (SSSR count). The first-order valence-electron chi connectivity index (χ1n) is 17.6. The van der Waals surface area contributed by atoms with Crippen LogP contribution in [0, 0.1) is 63.8 Å². The maximum absolute atomic E-state index is 15.1. The number of halogens is 4. The van der Waals surface area contributed by atoms with E-state index in [9.17, 15) is 15.8 Å². The van der Waals surface area contributed by atoms with Gasteiger partial charge >= 0.3 is 0 Å². The number of anilines is 6. The molecule has 0 saturated heterocycles. The SMILES string of the molecule is [C-]#[N+]c1ccc(N(c2ccc(C#N)c(F)c2)c2ccc3c(c2)C(C)(C)c2c-3ccc3cc(N(c4ccc(C#N)c(F)c4)c4ccc(C#N)c(F)c4)ccc23)cc1F. The molecule has 0 fully saturated rings. The van der Waals surface area contributed by atoms with Crippen molar-refractivity contribution >= 4 is 50.6 Å². The van der Waals surface area contributed by atoms with Crippen LogP contribution in [0.4, 0.5) is 57.4 Å². The summed E-state index contributed by atoms with van der Waals surface area (Å²) in [6.07, 6.45) is 0. The van der Waals surface area contributed by atoms with E-state index in [1.807, 2.05) is 66.7 Å². The van der Waals surface area contributed by atoms with Crippen LogP contribution in [0.25, 0.3) is 26.7 Å². The van der Waals surface area contributed by atoms with Gasteiger partial charge in [0.2, 0.25) is 5.69 Å². The van der Waals surface area contributed by atoms with E-state index in [0.717, 1.165) is 33.0 Å². The van der Waals surface area contributed by atoms with Gasteiger partial charge in [0.15, 0.2) is 0 Å². The van der Waals surface area contributed by atoms with Crippen molar-refractivity contribution in [1.29, 1.82) is 15.8 Å². The molecule has 0 N–H and O–H groups in total.